The molecule has 1 aliphatic heterocycles. The van der Waals surface area contributed by atoms with Crippen molar-refractivity contribution in [3.63, 3.8) is 0 Å². The highest BCUT2D eigenvalue weighted by Gasteiger charge is 2.16. The van der Waals surface area contributed by atoms with Gasteiger partial charge in [-0.1, -0.05) is 24.8 Å². The van der Waals surface area contributed by atoms with Crippen molar-refractivity contribution in [1.82, 2.24) is 19.9 Å². The maximum atomic E-state index is 5.20. The van der Waals surface area contributed by atoms with Crippen molar-refractivity contribution in [2.24, 2.45) is 0 Å². The third-order valence-corrected chi connectivity index (χ3v) is 5.26. The van der Waals surface area contributed by atoms with Crippen molar-refractivity contribution in [2.45, 2.75) is 24.8 Å². The molecule has 0 amide bonds. The molecular weight excluding hydrogens is 334 g/mol. The van der Waals surface area contributed by atoms with E-state index in [0.29, 0.717) is 5.88 Å². The number of thioether (sulfide) groups is 1. The summed E-state index contributed by atoms with van der Waals surface area (Å²) >= 11 is 1.60. The normalized spacial score (nSPS) is 15.4. The third-order valence-electron chi connectivity index (χ3n) is 4.34. The first-order valence-corrected chi connectivity index (χ1v) is 9.61. The van der Waals surface area contributed by atoms with Gasteiger partial charge in [-0.15, -0.1) is 0 Å². The minimum absolute atomic E-state index is 0.606. The Balaban J connectivity index is 1.57. The lowest BCUT2D eigenvalue weighted by atomic mass is 10.2. The number of rotatable bonds is 6. The van der Waals surface area contributed by atoms with Gasteiger partial charge in [-0.25, -0.2) is 9.97 Å². The molecule has 134 valence electrons. The first-order chi connectivity index (χ1) is 12.2. The van der Waals surface area contributed by atoms with E-state index in [4.69, 9.17) is 4.74 Å². The fourth-order valence-electron chi connectivity index (χ4n) is 2.81. The predicted molar refractivity (Wildman–Crippen MR) is 101 cm³/mol. The molecule has 25 heavy (non-hydrogen) atoms. The Morgan fingerprint density at radius 1 is 1.16 bits per heavy atom. The Kier molecular flexibility index (Phi) is 6.09. The molecular formula is C18H25N5OS. The molecule has 0 atom stereocenters. The number of pyridine rings is 1. The van der Waals surface area contributed by atoms with E-state index in [1.165, 1.54) is 5.56 Å². The number of methoxy groups -OCH3 is 1. The Bertz CT molecular complexity index is 686. The van der Waals surface area contributed by atoms with Crippen LogP contribution in [0.4, 0.5) is 5.82 Å². The Hall–Kier alpha value is -1.86. The van der Waals surface area contributed by atoms with Crippen molar-refractivity contribution in [2.75, 3.05) is 44.7 Å². The molecule has 7 heteroatoms. The summed E-state index contributed by atoms with van der Waals surface area (Å²) in [6.07, 6.45) is 1.96. The van der Waals surface area contributed by atoms with Gasteiger partial charge in [-0.3, -0.25) is 0 Å². The highest BCUT2D eigenvalue weighted by Crippen LogP contribution is 2.23. The number of piperazine rings is 1. The fourth-order valence-corrected chi connectivity index (χ4v) is 3.64. The first kappa shape index (κ1) is 17.9. The van der Waals surface area contributed by atoms with E-state index >= 15 is 0 Å². The maximum absolute atomic E-state index is 5.20. The van der Waals surface area contributed by atoms with E-state index in [1.807, 2.05) is 19.2 Å². The van der Waals surface area contributed by atoms with Crippen LogP contribution in [0.2, 0.25) is 0 Å². The molecule has 0 aliphatic carbocycles. The van der Waals surface area contributed by atoms with Gasteiger partial charge in [0.25, 0.3) is 0 Å². The fraction of sp³-hybridized carbons (Fsp3) is 0.500. The lowest BCUT2D eigenvalue weighted by Crippen LogP contribution is -2.46. The molecule has 0 aromatic carbocycles. The number of likely N-dealkylation sites (N-methyl/N-ethyl adjacent to an activating group) is 1. The topological polar surface area (TPSA) is 54.4 Å². The van der Waals surface area contributed by atoms with Crippen LogP contribution in [-0.2, 0) is 5.75 Å². The molecule has 0 N–H and O–H groups in total. The van der Waals surface area contributed by atoms with E-state index in [1.54, 1.807) is 18.9 Å². The van der Waals surface area contributed by atoms with Crippen LogP contribution in [0.3, 0.4) is 0 Å². The minimum Gasteiger partial charge on any atom is -0.481 e. The van der Waals surface area contributed by atoms with Crippen LogP contribution >= 0.6 is 11.8 Å². The zero-order chi connectivity index (χ0) is 17.6. The smallest absolute Gasteiger partial charge is 0.217 e. The van der Waals surface area contributed by atoms with Crippen LogP contribution in [-0.4, -0.2) is 59.7 Å². The van der Waals surface area contributed by atoms with Gasteiger partial charge in [0.2, 0.25) is 5.88 Å². The van der Waals surface area contributed by atoms with Crippen LogP contribution in [0.1, 0.15) is 18.2 Å². The van der Waals surface area contributed by atoms with E-state index in [9.17, 15) is 0 Å². The third kappa shape index (κ3) is 4.83. The number of aromatic nitrogens is 3. The van der Waals surface area contributed by atoms with Gasteiger partial charge in [0.1, 0.15) is 5.82 Å². The monoisotopic (exact) mass is 359 g/mol. The SMILES string of the molecule is CCN1CCN(c2ccc(CSc3nc(C)cc(OC)n3)cn2)CC1. The summed E-state index contributed by atoms with van der Waals surface area (Å²) in [7, 11) is 1.62. The van der Waals surface area contributed by atoms with E-state index in [0.717, 1.165) is 55.1 Å². The number of aryl methyl sites for hydroxylation is 1. The second-order valence-electron chi connectivity index (χ2n) is 6.07. The number of hydrogen-bond acceptors (Lipinski definition) is 7. The van der Waals surface area contributed by atoms with Gasteiger partial charge in [-0.05, 0) is 25.1 Å². The lowest BCUT2D eigenvalue weighted by molar-refractivity contribution is 0.270. The molecule has 2 aromatic heterocycles. The largest absolute Gasteiger partial charge is 0.481 e. The molecule has 0 spiro atoms. The summed E-state index contributed by atoms with van der Waals surface area (Å²) < 4.78 is 5.20. The predicted octanol–water partition coefficient (Wildman–Crippen LogP) is 2.62. The summed E-state index contributed by atoms with van der Waals surface area (Å²) in [6, 6.07) is 6.10. The number of ether oxygens (including phenoxy) is 1. The zero-order valence-corrected chi connectivity index (χ0v) is 15.9. The molecule has 0 radical (unpaired) electrons. The molecule has 3 heterocycles. The highest BCUT2D eigenvalue weighted by molar-refractivity contribution is 7.98. The lowest BCUT2D eigenvalue weighted by Gasteiger charge is -2.34. The molecule has 1 aliphatic rings. The summed E-state index contributed by atoms with van der Waals surface area (Å²) in [5.74, 6) is 2.47. The van der Waals surface area contributed by atoms with Gasteiger partial charge in [0, 0.05) is 49.9 Å². The van der Waals surface area contributed by atoms with Crippen LogP contribution in [0.5, 0.6) is 5.88 Å². The van der Waals surface area contributed by atoms with E-state index in [2.05, 4.69) is 43.8 Å². The Morgan fingerprint density at radius 2 is 1.96 bits per heavy atom. The molecule has 1 fully saturated rings. The van der Waals surface area contributed by atoms with Crippen molar-refractivity contribution in [3.8, 4) is 5.88 Å². The average Bonchev–Trinajstić information content (AvgIpc) is 2.66. The Morgan fingerprint density at radius 3 is 2.60 bits per heavy atom. The zero-order valence-electron chi connectivity index (χ0n) is 15.1. The molecule has 1 saturated heterocycles. The summed E-state index contributed by atoms with van der Waals surface area (Å²) in [5.41, 5.74) is 2.08. The molecule has 3 rings (SSSR count). The van der Waals surface area contributed by atoms with Gasteiger partial charge in [-0.2, -0.15) is 4.98 Å². The average molecular weight is 359 g/mol. The van der Waals surface area contributed by atoms with Crippen molar-refractivity contribution < 1.29 is 4.74 Å². The molecule has 0 bridgehead atoms. The standard InChI is InChI=1S/C18H25N5OS/c1-4-22-7-9-23(10-8-22)16-6-5-15(12-19-16)13-25-18-20-14(2)11-17(21-18)24-3/h5-6,11-12H,4,7-10,13H2,1-3H3. The number of hydrogen-bond donors (Lipinski definition) is 0. The van der Waals surface area contributed by atoms with Crippen LogP contribution in [0.25, 0.3) is 0 Å². The second-order valence-corrected chi connectivity index (χ2v) is 7.01. The summed E-state index contributed by atoms with van der Waals surface area (Å²) in [6.45, 7) is 9.61. The van der Waals surface area contributed by atoms with Crippen molar-refractivity contribution in [3.05, 3.63) is 35.7 Å². The second kappa shape index (κ2) is 8.49. The van der Waals surface area contributed by atoms with Crippen LogP contribution in [0.15, 0.2) is 29.6 Å². The van der Waals surface area contributed by atoms with Crippen LogP contribution in [0, 0.1) is 6.92 Å². The van der Waals surface area contributed by atoms with Gasteiger partial charge in [0.15, 0.2) is 5.16 Å². The molecule has 2 aromatic rings. The number of anilines is 1. The highest BCUT2D eigenvalue weighted by atomic mass is 32.2. The summed E-state index contributed by atoms with van der Waals surface area (Å²) in [4.78, 5) is 18.3. The molecule has 0 unspecified atom stereocenters. The van der Waals surface area contributed by atoms with Crippen molar-refractivity contribution >= 4 is 17.6 Å². The van der Waals surface area contributed by atoms with Gasteiger partial charge >= 0.3 is 0 Å². The van der Waals surface area contributed by atoms with E-state index in [-0.39, 0.29) is 0 Å². The maximum Gasteiger partial charge on any atom is 0.217 e. The first-order valence-electron chi connectivity index (χ1n) is 8.62. The minimum atomic E-state index is 0.606. The Labute approximate surface area is 153 Å². The number of nitrogens with zero attached hydrogens (tertiary/aromatic N) is 5. The molecule has 6 nitrogen and oxygen atoms in total. The summed E-state index contributed by atoms with van der Waals surface area (Å²) in [5, 5.41) is 0.733. The van der Waals surface area contributed by atoms with Crippen molar-refractivity contribution in [1.29, 1.82) is 0 Å². The molecule has 0 saturated carbocycles. The van der Waals surface area contributed by atoms with E-state index < -0.39 is 0 Å². The van der Waals surface area contributed by atoms with Gasteiger partial charge < -0.3 is 14.5 Å². The van der Waals surface area contributed by atoms with Crippen LogP contribution < -0.4 is 9.64 Å². The van der Waals surface area contributed by atoms with Gasteiger partial charge in [0.05, 0.1) is 7.11 Å². The quantitative estimate of drug-likeness (QED) is 0.580.